The zero-order valence-corrected chi connectivity index (χ0v) is 18.9. The van der Waals surface area contributed by atoms with Crippen molar-refractivity contribution in [3.05, 3.63) is 58.9 Å². The molecule has 1 fully saturated rings. The molecule has 8 nitrogen and oxygen atoms in total. The van der Waals surface area contributed by atoms with Crippen molar-refractivity contribution in [2.45, 2.75) is 37.6 Å². The Morgan fingerprint density at radius 3 is 2.58 bits per heavy atom. The van der Waals surface area contributed by atoms with E-state index in [2.05, 4.69) is 10.2 Å². The number of rotatable bonds is 6. The summed E-state index contributed by atoms with van der Waals surface area (Å²) in [5.41, 5.74) is 2.90. The number of benzene rings is 1. The number of thiazole rings is 1. The number of aryl methyl sites for hydroxylation is 1. The molecule has 4 rings (SSSR count). The lowest BCUT2D eigenvalue weighted by atomic mass is 10.1. The minimum absolute atomic E-state index is 0.00207. The maximum atomic E-state index is 12.9. The molecule has 2 aromatic heterocycles. The topological polar surface area (TPSA) is 110 Å². The quantitative estimate of drug-likeness (QED) is 0.588. The van der Waals surface area contributed by atoms with Crippen LogP contribution in [0.15, 0.2) is 46.8 Å². The van der Waals surface area contributed by atoms with E-state index in [1.807, 2.05) is 29.1 Å². The van der Waals surface area contributed by atoms with Crippen LogP contribution in [0.25, 0.3) is 0 Å². The Bertz CT molecular complexity index is 1180. The second kappa shape index (κ2) is 8.81. The van der Waals surface area contributed by atoms with Gasteiger partial charge in [0.05, 0.1) is 17.1 Å². The molecular formula is C21H25N5O3S2. The Hall–Kier alpha value is -2.69. The minimum atomic E-state index is -3.77. The number of carbonyl (C=O) groups is 1. The van der Waals surface area contributed by atoms with Gasteiger partial charge >= 0.3 is 0 Å². The van der Waals surface area contributed by atoms with Gasteiger partial charge in [0.25, 0.3) is 5.91 Å². The Labute approximate surface area is 185 Å². The number of hydrogen-bond donors (Lipinski definition) is 2. The van der Waals surface area contributed by atoms with Gasteiger partial charge in [-0.3, -0.25) is 4.79 Å². The summed E-state index contributed by atoms with van der Waals surface area (Å²) in [5, 5.41) is 11.0. The maximum Gasteiger partial charge on any atom is 0.272 e. The number of anilines is 2. The normalized spacial score (nSPS) is 14.6. The van der Waals surface area contributed by atoms with Crippen molar-refractivity contribution in [2.24, 2.45) is 5.14 Å². The molecule has 1 aliphatic heterocycles. The molecule has 164 valence electrons. The molecule has 0 unspecified atom stereocenters. The summed E-state index contributed by atoms with van der Waals surface area (Å²) in [6.07, 6.45) is 5.61. The lowest BCUT2D eigenvalue weighted by molar-refractivity contribution is 0.101. The molecule has 0 bridgehead atoms. The number of hydrogen-bond acceptors (Lipinski definition) is 6. The number of carbonyl (C=O) groups excluding carboxylic acids is 1. The summed E-state index contributed by atoms with van der Waals surface area (Å²) in [6.45, 7) is 4.54. The van der Waals surface area contributed by atoms with Crippen LogP contribution >= 0.6 is 11.3 Å². The second-order valence-corrected chi connectivity index (χ2v) is 10.1. The summed E-state index contributed by atoms with van der Waals surface area (Å²) in [4.78, 5) is 20.0. The zero-order valence-electron chi connectivity index (χ0n) is 17.2. The van der Waals surface area contributed by atoms with Crippen LogP contribution in [0, 0.1) is 6.92 Å². The van der Waals surface area contributed by atoms with Gasteiger partial charge in [0.1, 0.15) is 5.69 Å². The number of nitrogens with one attached hydrogen (secondary N) is 1. The smallest absolute Gasteiger partial charge is 0.272 e. The molecule has 0 radical (unpaired) electrons. The maximum absolute atomic E-state index is 12.9. The van der Waals surface area contributed by atoms with Crippen LogP contribution in [0.2, 0.25) is 0 Å². The SMILES string of the molecule is Cc1cc(C(=O)Nc2ccc(S(N)(=O)=O)cc2)n(Cc2csc(N3CCCCC3)n2)c1. The van der Waals surface area contributed by atoms with E-state index in [4.69, 9.17) is 10.1 Å². The van der Waals surface area contributed by atoms with Crippen LogP contribution in [-0.4, -0.2) is 37.0 Å². The molecular weight excluding hydrogens is 434 g/mol. The Morgan fingerprint density at radius 2 is 1.90 bits per heavy atom. The van der Waals surface area contributed by atoms with Crippen LogP contribution in [-0.2, 0) is 16.6 Å². The fraction of sp³-hybridized carbons (Fsp3) is 0.333. The summed E-state index contributed by atoms with van der Waals surface area (Å²) < 4.78 is 24.7. The number of nitrogens with zero attached hydrogens (tertiary/aromatic N) is 3. The molecule has 3 heterocycles. The Kier molecular flexibility index (Phi) is 6.12. The molecule has 0 aliphatic carbocycles. The van der Waals surface area contributed by atoms with E-state index in [1.165, 1.54) is 43.5 Å². The zero-order chi connectivity index (χ0) is 22.0. The summed E-state index contributed by atoms with van der Waals surface area (Å²) in [5.74, 6) is -0.275. The van der Waals surface area contributed by atoms with Crippen molar-refractivity contribution < 1.29 is 13.2 Å². The summed E-state index contributed by atoms with van der Waals surface area (Å²) in [7, 11) is -3.77. The van der Waals surface area contributed by atoms with Crippen molar-refractivity contribution in [1.29, 1.82) is 0 Å². The van der Waals surface area contributed by atoms with E-state index in [1.54, 1.807) is 11.3 Å². The number of nitrogens with two attached hydrogens (primary N) is 1. The highest BCUT2D eigenvalue weighted by Gasteiger charge is 2.17. The van der Waals surface area contributed by atoms with Crippen molar-refractivity contribution >= 4 is 38.1 Å². The first-order chi connectivity index (χ1) is 14.8. The number of aromatic nitrogens is 2. The minimum Gasteiger partial charge on any atom is -0.348 e. The lowest BCUT2D eigenvalue weighted by Gasteiger charge is -2.25. The lowest BCUT2D eigenvalue weighted by Crippen LogP contribution is -2.29. The monoisotopic (exact) mass is 459 g/mol. The first-order valence-electron chi connectivity index (χ1n) is 10.1. The van der Waals surface area contributed by atoms with Gasteiger partial charge in [-0.15, -0.1) is 11.3 Å². The molecule has 3 aromatic rings. The fourth-order valence-electron chi connectivity index (χ4n) is 3.67. The third-order valence-corrected chi connectivity index (χ3v) is 7.08. The first-order valence-corrected chi connectivity index (χ1v) is 12.5. The molecule has 1 aliphatic rings. The van der Waals surface area contributed by atoms with E-state index < -0.39 is 10.0 Å². The molecule has 1 saturated heterocycles. The second-order valence-electron chi connectivity index (χ2n) is 7.72. The highest BCUT2D eigenvalue weighted by molar-refractivity contribution is 7.89. The first kappa shape index (κ1) is 21.5. The Balaban J connectivity index is 1.48. The van der Waals surface area contributed by atoms with Crippen molar-refractivity contribution in [1.82, 2.24) is 9.55 Å². The van der Waals surface area contributed by atoms with Gasteiger partial charge < -0.3 is 14.8 Å². The van der Waals surface area contributed by atoms with Crippen LogP contribution in [0.3, 0.4) is 0 Å². The molecule has 1 amide bonds. The highest BCUT2D eigenvalue weighted by atomic mass is 32.2. The number of sulfonamides is 1. The van der Waals surface area contributed by atoms with Gasteiger partial charge in [-0.25, -0.2) is 18.5 Å². The molecule has 3 N–H and O–H groups in total. The Morgan fingerprint density at radius 1 is 1.19 bits per heavy atom. The highest BCUT2D eigenvalue weighted by Crippen LogP contribution is 2.25. The summed E-state index contributed by atoms with van der Waals surface area (Å²) in [6, 6.07) is 7.59. The molecule has 31 heavy (non-hydrogen) atoms. The van der Waals surface area contributed by atoms with E-state index in [9.17, 15) is 13.2 Å². The molecule has 10 heteroatoms. The summed E-state index contributed by atoms with van der Waals surface area (Å²) >= 11 is 1.64. The van der Waals surface area contributed by atoms with Crippen LogP contribution in [0.1, 0.15) is 41.0 Å². The third-order valence-electron chi connectivity index (χ3n) is 5.21. The average Bonchev–Trinajstić information content (AvgIpc) is 3.35. The van der Waals surface area contributed by atoms with Gasteiger partial charge in [-0.05, 0) is 62.1 Å². The van der Waals surface area contributed by atoms with E-state index in [0.29, 0.717) is 17.9 Å². The number of amides is 1. The van der Waals surface area contributed by atoms with Crippen LogP contribution < -0.4 is 15.4 Å². The third kappa shape index (κ3) is 5.15. The van der Waals surface area contributed by atoms with Gasteiger partial charge in [0, 0.05) is 30.4 Å². The van der Waals surface area contributed by atoms with E-state index >= 15 is 0 Å². The van der Waals surface area contributed by atoms with Crippen LogP contribution in [0.5, 0.6) is 0 Å². The average molecular weight is 460 g/mol. The number of piperidine rings is 1. The molecule has 0 atom stereocenters. The van der Waals surface area contributed by atoms with Crippen molar-refractivity contribution in [3.8, 4) is 0 Å². The van der Waals surface area contributed by atoms with Gasteiger partial charge in [0.2, 0.25) is 10.0 Å². The van der Waals surface area contributed by atoms with E-state index in [0.717, 1.165) is 29.5 Å². The van der Waals surface area contributed by atoms with Gasteiger partial charge in [-0.1, -0.05) is 0 Å². The van der Waals surface area contributed by atoms with Crippen molar-refractivity contribution in [2.75, 3.05) is 23.3 Å². The van der Waals surface area contributed by atoms with Crippen LogP contribution in [0.4, 0.5) is 10.8 Å². The van der Waals surface area contributed by atoms with Gasteiger partial charge in [-0.2, -0.15) is 0 Å². The number of primary sulfonamides is 1. The predicted molar refractivity (Wildman–Crippen MR) is 122 cm³/mol. The van der Waals surface area contributed by atoms with Crippen molar-refractivity contribution in [3.63, 3.8) is 0 Å². The molecule has 0 spiro atoms. The van der Waals surface area contributed by atoms with Gasteiger partial charge in [0.15, 0.2) is 5.13 Å². The molecule has 1 aromatic carbocycles. The molecule has 0 saturated carbocycles. The fourth-order valence-corrected chi connectivity index (χ4v) is 5.06. The van der Waals surface area contributed by atoms with E-state index in [-0.39, 0.29) is 10.8 Å². The standard InChI is InChI=1S/C21H25N5O3S2/c1-15-11-19(20(27)23-16-5-7-18(8-6-16)31(22,28)29)26(12-15)13-17-14-30-21(24-17)25-9-3-2-4-10-25/h5-8,11-12,14H,2-4,9-10,13H2,1H3,(H,23,27)(H2,22,28,29). The predicted octanol–water partition coefficient (Wildman–Crippen LogP) is 3.19. The largest absolute Gasteiger partial charge is 0.348 e.